The highest BCUT2D eigenvalue weighted by molar-refractivity contribution is 6.56. The van der Waals surface area contributed by atoms with Crippen LogP contribution in [0.3, 0.4) is 0 Å². The lowest BCUT2D eigenvalue weighted by Gasteiger charge is -2.12. The molecule has 0 spiro atoms. The second-order valence-electron chi connectivity index (χ2n) is 1.62. The van der Waals surface area contributed by atoms with Gasteiger partial charge in [0.05, 0.1) is 0 Å². The molecule has 0 fully saturated rings. The van der Waals surface area contributed by atoms with Crippen molar-refractivity contribution in [3.63, 3.8) is 0 Å². The van der Waals surface area contributed by atoms with Crippen LogP contribution in [0.5, 0.6) is 0 Å². The molecular weight excluding hydrogens is 266 g/mol. The SMILES string of the molecule is FC(F)(F)/C(Cl)=C(/Cl)C(F)(Cl)Cl. The molecule has 0 atom stereocenters. The lowest BCUT2D eigenvalue weighted by Crippen LogP contribution is -2.14. The molecule has 72 valence electrons. The summed E-state index contributed by atoms with van der Waals surface area (Å²) in [6.07, 6.45) is -4.96. The van der Waals surface area contributed by atoms with Crippen molar-refractivity contribution >= 4 is 46.4 Å². The van der Waals surface area contributed by atoms with Gasteiger partial charge in [-0.05, 0) is 0 Å². The lowest BCUT2D eigenvalue weighted by atomic mass is 10.5. The number of hydrogen-bond donors (Lipinski definition) is 0. The summed E-state index contributed by atoms with van der Waals surface area (Å²) in [5, 5.41) is -3.38. The van der Waals surface area contributed by atoms with Crippen LogP contribution >= 0.6 is 46.4 Å². The Morgan fingerprint density at radius 3 is 1.25 bits per heavy atom. The van der Waals surface area contributed by atoms with Gasteiger partial charge in [0.25, 0.3) is 4.59 Å². The zero-order chi connectivity index (χ0) is 10.2. The third-order valence-corrected chi connectivity index (χ3v) is 2.21. The summed E-state index contributed by atoms with van der Waals surface area (Å²) in [7, 11) is 0. The van der Waals surface area contributed by atoms with Gasteiger partial charge >= 0.3 is 6.18 Å². The van der Waals surface area contributed by atoms with Crippen molar-refractivity contribution in [2.45, 2.75) is 10.8 Å². The fraction of sp³-hybridized carbons (Fsp3) is 0.500. The van der Waals surface area contributed by atoms with Gasteiger partial charge in [-0.15, -0.1) is 0 Å². The normalized spacial score (nSPS) is 16.0. The predicted octanol–water partition coefficient (Wildman–Crippen LogP) is 4.34. The van der Waals surface area contributed by atoms with Gasteiger partial charge in [0.15, 0.2) is 0 Å². The average Bonchev–Trinajstić information content (AvgIpc) is 1.80. The van der Waals surface area contributed by atoms with Crippen LogP contribution in [0.1, 0.15) is 0 Å². The maximum absolute atomic E-state index is 12.3. The fourth-order valence-corrected chi connectivity index (χ4v) is 0.772. The maximum Gasteiger partial charge on any atom is 0.428 e. The Kier molecular flexibility index (Phi) is 3.98. The van der Waals surface area contributed by atoms with Gasteiger partial charge in [-0.25, -0.2) is 4.39 Å². The van der Waals surface area contributed by atoms with Crippen molar-refractivity contribution in [2.75, 3.05) is 0 Å². The zero-order valence-corrected chi connectivity index (χ0v) is 8.05. The van der Waals surface area contributed by atoms with E-state index < -0.39 is 20.8 Å². The predicted molar refractivity (Wildman–Crippen MR) is 40.3 cm³/mol. The first kappa shape index (κ1) is 12.6. The van der Waals surface area contributed by atoms with Crippen LogP contribution in [0.4, 0.5) is 17.6 Å². The molecule has 0 unspecified atom stereocenters. The molecule has 0 rings (SSSR count). The van der Waals surface area contributed by atoms with Crippen molar-refractivity contribution < 1.29 is 17.6 Å². The van der Waals surface area contributed by atoms with E-state index in [0.29, 0.717) is 0 Å². The first-order chi connectivity index (χ1) is 5.07. The van der Waals surface area contributed by atoms with E-state index in [1.54, 1.807) is 0 Å². The second-order valence-corrected chi connectivity index (χ2v) is 3.61. The molecule has 0 nitrogen and oxygen atoms in total. The lowest BCUT2D eigenvalue weighted by molar-refractivity contribution is -0.0852. The summed E-state index contributed by atoms with van der Waals surface area (Å²) < 4.78 is 44.0. The third-order valence-electron chi connectivity index (χ3n) is 0.690. The molecule has 0 bridgehead atoms. The molecule has 0 heterocycles. The number of rotatable bonds is 1. The quantitative estimate of drug-likeness (QED) is 0.489. The fourth-order valence-electron chi connectivity index (χ4n) is 0.249. The molecule has 0 aliphatic rings. The Morgan fingerprint density at radius 2 is 1.17 bits per heavy atom. The topological polar surface area (TPSA) is 0 Å². The Balaban J connectivity index is 4.96. The van der Waals surface area contributed by atoms with Crippen LogP contribution in [0.15, 0.2) is 10.1 Å². The van der Waals surface area contributed by atoms with Gasteiger partial charge in [0.1, 0.15) is 10.1 Å². The summed E-state index contributed by atoms with van der Waals surface area (Å²) in [6.45, 7) is 0. The minimum Gasteiger partial charge on any atom is -0.201 e. The van der Waals surface area contributed by atoms with Crippen LogP contribution in [-0.2, 0) is 0 Å². The van der Waals surface area contributed by atoms with E-state index >= 15 is 0 Å². The zero-order valence-electron chi connectivity index (χ0n) is 5.02. The van der Waals surface area contributed by atoms with Gasteiger partial charge < -0.3 is 0 Å². The first-order valence-electron chi connectivity index (χ1n) is 2.26. The van der Waals surface area contributed by atoms with E-state index in [0.717, 1.165) is 0 Å². The van der Waals surface area contributed by atoms with Gasteiger partial charge in [0.2, 0.25) is 0 Å². The van der Waals surface area contributed by atoms with Gasteiger partial charge in [-0.2, -0.15) is 13.2 Å². The Hall–Kier alpha value is 0.620. The third kappa shape index (κ3) is 3.56. The van der Waals surface area contributed by atoms with Crippen molar-refractivity contribution in [2.24, 2.45) is 0 Å². The first-order valence-corrected chi connectivity index (χ1v) is 3.77. The minimum atomic E-state index is -4.96. The molecule has 0 aliphatic carbocycles. The highest BCUT2D eigenvalue weighted by atomic mass is 35.5. The number of alkyl halides is 6. The van der Waals surface area contributed by atoms with Crippen LogP contribution in [0.25, 0.3) is 0 Å². The highest BCUT2D eigenvalue weighted by Crippen LogP contribution is 2.42. The van der Waals surface area contributed by atoms with Crippen molar-refractivity contribution in [3.05, 3.63) is 10.1 Å². The van der Waals surface area contributed by atoms with Crippen molar-refractivity contribution in [1.29, 1.82) is 0 Å². The second kappa shape index (κ2) is 3.78. The molecule has 0 N–H and O–H groups in total. The summed E-state index contributed by atoms with van der Waals surface area (Å²) in [5.41, 5.74) is 0. The van der Waals surface area contributed by atoms with Crippen molar-refractivity contribution in [1.82, 2.24) is 0 Å². The number of hydrogen-bond acceptors (Lipinski definition) is 0. The summed E-state index contributed by atoms with van der Waals surface area (Å²) in [6, 6.07) is 0. The molecule has 0 aromatic rings. The van der Waals surface area contributed by atoms with Gasteiger partial charge in [-0.1, -0.05) is 46.4 Å². The monoisotopic (exact) mass is 264 g/mol. The Labute approximate surface area is 85.0 Å². The molecule has 0 aliphatic heterocycles. The number of halogens is 8. The molecule has 12 heavy (non-hydrogen) atoms. The summed E-state index contributed by atoms with van der Waals surface area (Å²) >= 11 is 18.6. The number of allylic oxidation sites excluding steroid dienone is 2. The molecule has 0 aromatic carbocycles. The molecule has 0 aromatic heterocycles. The van der Waals surface area contributed by atoms with Gasteiger partial charge in [-0.3, -0.25) is 0 Å². The maximum atomic E-state index is 12.3. The van der Waals surface area contributed by atoms with Crippen LogP contribution in [0, 0.1) is 0 Å². The Morgan fingerprint density at radius 1 is 0.833 bits per heavy atom. The highest BCUT2D eigenvalue weighted by Gasteiger charge is 2.41. The molecular formula is C4Cl4F4. The molecule has 0 saturated heterocycles. The van der Waals surface area contributed by atoms with Gasteiger partial charge in [0, 0.05) is 0 Å². The van der Waals surface area contributed by atoms with E-state index in [-0.39, 0.29) is 0 Å². The smallest absolute Gasteiger partial charge is 0.201 e. The molecule has 8 heteroatoms. The van der Waals surface area contributed by atoms with E-state index in [1.807, 2.05) is 0 Å². The van der Waals surface area contributed by atoms with E-state index in [9.17, 15) is 17.6 Å². The molecule has 0 saturated carbocycles. The minimum absolute atomic E-state index is 1.50. The average molecular weight is 266 g/mol. The standard InChI is InChI=1S/C4Cl4F4/c5-1(3(7,8)9)2(6)4(10,11)12/b2-1-. The Bertz CT molecular complexity index is 178. The van der Waals surface area contributed by atoms with Crippen LogP contribution in [0.2, 0.25) is 0 Å². The molecule has 0 amide bonds. The molecule has 0 radical (unpaired) electrons. The van der Waals surface area contributed by atoms with E-state index in [1.165, 1.54) is 0 Å². The van der Waals surface area contributed by atoms with E-state index in [2.05, 4.69) is 34.8 Å². The van der Waals surface area contributed by atoms with Crippen LogP contribution < -0.4 is 0 Å². The van der Waals surface area contributed by atoms with Crippen molar-refractivity contribution in [3.8, 4) is 0 Å². The largest absolute Gasteiger partial charge is 0.428 e. The summed E-state index contributed by atoms with van der Waals surface area (Å²) in [5.74, 6) is 0. The van der Waals surface area contributed by atoms with Crippen LogP contribution in [-0.4, -0.2) is 10.8 Å². The summed E-state index contributed by atoms with van der Waals surface area (Å²) in [4.78, 5) is 0. The van der Waals surface area contributed by atoms with E-state index in [4.69, 9.17) is 11.6 Å².